The van der Waals surface area contributed by atoms with Gasteiger partial charge in [0.25, 0.3) is 0 Å². The summed E-state index contributed by atoms with van der Waals surface area (Å²) >= 11 is 0. The molecule has 4 aromatic rings. The van der Waals surface area contributed by atoms with Gasteiger partial charge in [-0.15, -0.1) is 0 Å². The number of hydrogen-bond donors (Lipinski definition) is 3. The van der Waals surface area contributed by atoms with Crippen LogP contribution in [0.15, 0.2) is 60.8 Å². The number of ether oxygens (including phenoxy) is 1. The van der Waals surface area contributed by atoms with E-state index in [1.807, 2.05) is 36.4 Å². The van der Waals surface area contributed by atoms with Crippen molar-refractivity contribution in [3.8, 4) is 11.1 Å². The second-order valence-electron chi connectivity index (χ2n) is 6.95. The topological polar surface area (TPSA) is 117 Å². The van der Waals surface area contributed by atoms with Gasteiger partial charge < -0.3 is 9.84 Å². The molecule has 0 atom stereocenters. The molecule has 2 heterocycles. The maximum Gasteiger partial charge on any atom is 0.412 e. The Balaban J connectivity index is 1.33. The number of carboxylic acid groups (broad SMARTS) is 1. The van der Waals surface area contributed by atoms with Crippen molar-refractivity contribution in [3.05, 3.63) is 77.5 Å². The SMILES string of the molecule is O=C(Nc1n[nH]c2cc(C(=O)O)cnc12)OCC1c2ccccc2-c2ccccc21. The third-order valence-electron chi connectivity index (χ3n) is 5.21. The molecule has 3 N–H and O–H groups in total. The van der Waals surface area contributed by atoms with Gasteiger partial charge in [0.2, 0.25) is 0 Å². The summed E-state index contributed by atoms with van der Waals surface area (Å²) < 4.78 is 5.50. The first-order valence-corrected chi connectivity index (χ1v) is 9.31. The molecule has 0 spiro atoms. The molecule has 2 aromatic heterocycles. The summed E-state index contributed by atoms with van der Waals surface area (Å²) in [4.78, 5) is 27.5. The van der Waals surface area contributed by atoms with Crippen LogP contribution >= 0.6 is 0 Å². The number of anilines is 1. The third kappa shape index (κ3) is 2.95. The summed E-state index contributed by atoms with van der Waals surface area (Å²) in [5.41, 5.74) is 5.34. The Morgan fingerprint density at radius 1 is 1.07 bits per heavy atom. The maximum absolute atomic E-state index is 12.4. The summed E-state index contributed by atoms with van der Waals surface area (Å²) in [6.07, 6.45) is 0.553. The first-order valence-electron chi connectivity index (χ1n) is 9.31. The van der Waals surface area contributed by atoms with Crippen molar-refractivity contribution in [2.24, 2.45) is 0 Å². The van der Waals surface area contributed by atoms with Crippen LogP contribution in [-0.4, -0.2) is 39.0 Å². The molecule has 1 amide bonds. The predicted octanol–water partition coefficient (Wildman–Crippen LogP) is 4.02. The number of rotatable bonds is 4. The number of carboxylic acids is 1. The van der Waals surface area contributed by atoms with E-state index in [9.17, 15) is 9.59 Å². The highest BCUT2D eigenvalue weighted by Gasteiger charge is 2.29. The molecule has 5 rings (SSSR count). The monoisotopic (exact) mass is 400 g/mol. The third-order valence-corrected chi connectivity index (χ3v) is 5.21. The maximum atomic E-state index is 12.4. The van der Waals surface area contributed by atoms with Crippen LogP contribution in [0.3, 0.4) is 0 Å². The molecule has 2 aromatic carbocycles. The van der Waals surface area contributed by atoms with Gasteiger partial charge in [0.05, 0.1) is 11.1 Å². The Labute approximate surface area is 170 Å². The smallest absolute Gasteiger partial charge is 0.412 e. The van der Waals surface area contributed by atoms with Gasteiger partial charge in [-0.25, -0.2) is 14.6 Å². The number of fused-ring (bicyclic) bond motifs is 4. The highest BCUT2D eigenvalue weighted by molar-refractivity contribution is 5.97. The van der Waals surface area contributed by atoms with E-state index in [2.05, 4.69) is 32.6 Å². The van der Waals surface area contributed by atoms with Crippen molar-refractivity contribution in [1.82, 2.24) is 15.2 Å². The van der Waals surface area contributed by atoms with Crippen LogP contribution in [0.5, 0.6) is 0 Å². The van der Waals surface area contributed by atoms with E-state index in [0.29, 0.717) is 11.0 Å². The number of benzene rings is 2. The first-order chi connectivity index (χ1) is 14.6. The molecule has 8 heteroatoms. The summed E-state index contributed by atoms with van der Waals surface area (Å²) in [7, 11) is 0. The van der Waals surface area contributed by atoms with Crippen LogP contribution in [0.1, 0.15) is 27.4 Å². The van der Waals surface area contributed by atoms with Gasteiger partial charge in [-0.3, -0.25) is 10.4 Å². The van der Waals surface area contributed by atoms with Crippen molar-refractivity contribution in [2.75, 3.05) is 11.9 Å². The Bertz CT molecular complexity index is 1250. The molecule has 1 aliphatic rings. The average Bonchev–Trinajstić information content (AvgIpc) is 3.31. The molecule has 0 bridgehead atoms. The molecule has 0 fully saturated rings. The second kappa shape index (κ2) is 7.00. The Morgan fingerprint density at radius 2 is 1.73 bits per heavy atom. The first kappa shape index (κ1) is 17.9. The zero-order valence-corrected chi connectivity index (χ0v) is 15.6. The number of aromatic nitrogens is 3. The Hall–Kier alpha value is -4.20. The van der Waals surface area contributed by atoms with Gasteiger partial charge in [0.15, 0.2) is 5.82 Å². The van der Waals surface area contributed by atoms with Gasteiger partial charge in [-0.2, -0.15) is 5.10 Å². The number of hydrogen-bond acceptors (Lipinski definition) is 5. The van der Waals surface area contributed by atoms with E-state index in [0.717, 1.165) is 22.3 Å². The molecule has 0 unspecified atom stereocenters. The molecule has 0 saturated heterocycles. The van der Waals surface area contributed by atoms with Gasteiger partial charge in [-0.05, 0) is 28.3 Å². The highest BCUT2D eigenvalue weighted by Crippen LogP contribution is 2.44. The minimum absolute atomic E-state index is 0.0267. The fraction of sp³-hybridized carbons (Fsp3) is 0.0909. The van der Waals surface area contributed by atoms with Crippen molar-refractivity contribution >= 4 is 28.9 Å². The van der Waals surface area contributed by atoms with Crippen molar-refractivity contribution in [3.63, 3.8) is 0 Å². The average molecular weight is 400 g/mol. The summed E-state index contributed by atoms with van der Waals surface area (Å²) in [6, 6.07) is 17.6. The van der Waals surface area contributed by atoms with E-state index < -0.39 is 12.1 Å². The lowest BCUT2D eigenvalue weighted by Gasteiger charge is -2.14. The zero-order valence-electron chi connectivity index (χ0n) is 15.6. The number of carbonyl (C=O) groups is 2. The van der Waals surface area contributed by atoms with Crippen molar-refractivity contribution in [1.29, 1.82) is 0 Å². The lowest BCUT2D eigenvalue weighted by atomic mass is 9.98. The number of amides is 1. The van der Waals surface area contributed by atoms with Gasteiger partial charge >= 0.3 is 12.1 Å². The van der Waals surface area contributed by atoms with E-state index in [1.165, 1.54) is 12.3 Å². The Morgan fingerprint density at radius 3 is 2.40 bits per heavy atom. The number of pyridine rings is 1. The number of aromatic carboxylic acids is 1. The van der Waals surface area contributed by atoms with E-state index in [-0.39, 0.29) is 23.9 Å². The molecule has 0 aliphatic heterocycles. The van der Waals surface area contributed by atoms with Crippen LogP contribution in [0.4, 0.5) is 10.6 Å². The number of aromatic amines is 1. The van der Waals surface area contributed by atoms with E-state index in [4.69, 9.17) is 9.84 Å². The molecule has 1 aliphatic carbocycles. The van der Waals surface area contributed by atoms with Crippen molar-refractivity contribution in [2.45, 2.75) is 5.92 Å². The molecular weight excluding hydrogens is 384 g/mol. The van der Waals surface area contributed by atoms with Gasteiger partial charge in [0, 0.05) is 12.1 Å². The quantitative estimate of drug-likeness (QED) is 0.476. The second-order valence-corrected chi connectivity index (χ2v) is 6.95. The normalized spacial score (nSPS) is 12.4. The minimum atomic E-state index is -1.09. The molecule has 30 heavy (non-hydrogen) atoms. The van der Waals surface area contributed by atoms with Crippen LogP contribution < -0.4 is 5.32 Å². The van der Waals surface area contributed by atoms with E-state index >= 15 is 0 Å². The fourth-order valence-corrected chi connectivity index (χ4v) is 3.84. The lowest BCUT2D eigenvalue weighted by molar-refractivity contribution is 0.0696. The predicted molar refractivity (Wildman–Crippen MR) is 110 cm³/mol. The number of H-pyrrole nitrogens is 1. The molecule has 0 radical (unpaired) electrons. The number of nitrogens with one attached hydrogen (secondary N) is 2. The summed E-state index contributed by atoms with van der Waals surface area (Å²) in [6.45, 7) is 0.179. The standard InChI is InChI=1S/C22H16N4O4/c27-21(28)12-9-18-19(23-10-12)20(26-25-18)24-22(29)30-11-17-15-7-3-1-5-13(15)14-6-2-4-8-16(14)17/h1-10,17H,11H2,(H,27,28)(H2,24,25,26,29). The molecule has 8 nitrogen and oxygen atoms in total. The van der Waals surface area contributed by atoms with Gasteiger partial charge in [-0.1, -0.05) is 48.5 Å². The zero-order chi connectivity index (χ0) is 20.7. The summed E-state index contributed by atoms with van der Waals surface area (Å²) in [5.74, 6) is -0.959. The van der Waals surface area contributed by atoms with Crippen LogP contribution in [0, 0.1) is 0 Å². The van der Waals surface area contributed by atoms with Crippen LogP contribution in [0.2, 0.25) is 0 Å². The molecule has 148 valence electrons. The summed E-state index contributed by atoms with van der Waals surface area (Å²) in [5, 5.41) is 18.3. The fourth-order valence-electron chi connectivity index (χ4n) is 3.84. The Kier molecular flexibility index (Phi) is 4.17. The van der Waals surface area contributed by atoms with Crippen molar-refractivity contribution < 1.29 is 19.4 Å². The minimum Gasteiger partial charge on any atom is -0.478 e. The lowest BCUT2D eigenvalue weighted by Crippen LogP contribution is -2.18. The highest BCUT2D eigenvalue weighted by atomic mass is 16.5. The largest absolute Gasteiger partial charge is 0.478 e. The number of nitrogens with zero attached hydrogens (tertiary/aromatic N) is 2. The molecular formula is C22H16N4O4. The number of carbonyl (C=O) groups excluding carboxylic acids is 1. The van der Waals surface area contributed by atoms with Crippen LogP contribution in [0.25, 0.3) is 22.2 Å². The molecule has 0 saturated carbocycles. The van der Waals surface area contributed by atoms with Gasteiger partial charge in [0.1, 0.15) is 12.1 Å². The van der Waals surface area contributed by atoms with Crippen LogP contribution in [-0.2, 0) is 4.74 Å². The van der Waals surface area contributed by atoms with E-state index in [1.54, 1.807) is 0 Å².